The maximum absolute atomic E-state index is 5.68. The van der Waals surface area contributed by atoms with Crippen LogP contribution in [0.2, 0.25) is 0 Å². The second-order valence-corrected chi connectivity index (χ2v) is 14.5. The van der Waals surface area contributed by atoms with Gasteiger partial charge < -0.3 is 4.57 Å². The summed E-state index contributed by atoms with van der Waals surface area (Å²) in [5.74, 6) is 0.664. The van der Waals surface area contributed by atoms with Gasteiger partial charge in [0.25, 0.3) is 0 Å². The van der Waals surface area contributed by atoms with Crippen molar-refractivity contribution in [3.63, 3.8) is 0 Å². The fourth-order valence-electron chi connectivity index (χ4n) is 9.00. The van der Waals surface area contributed by atoms with E-state index in [1.54, 1.807) is 0 Å². The van der Waals surface area contributed by atoms with Gasteiger partial charge in [-0.05, 0) is 92.3 Å². The highest BCUT2D eigenvalue weighted by Crippen LogP contribution is 2.43. The molecule has 8 aromatic carbocycles. The molecule has 0 N–H and O–H groups in total. The number of hydrogen-bond acceptors (Lipinski definition) is 2. The largest absolute Gasteiger partial charge is 0.306 e. The molecular weight excluding hydrogens is 657 g/mol. The van der Waals surface area contributed by atoms with E-state index in [2.05, 4.69) is 179 Å². The molecule has 12 rings (SSSR count). The summed E-state index contributed by atoms with van der Waals surface area (Å²) in [4.78, 5) is 11.3. The second-order valence-electron chi connectivity index (χ2n) is 14.5. The van der Waals surface area contributed by atoms with Crippen molar-refractivity contribution >= 4 is 92.5 Å². The third-order valence-electron chi connectivity index (χ3n) is 11.5. The normalized spacial score (nSPS) is 13.4. The van der Waals surface area contributed by atoms with Crippen LogP contribution in [0.4, 0.5) is 0 Å². The van der Waals surface area contributed by atoms with E-state index in [-0.39, 0.29) is 0 Å². The molecule has 0 unspecified atom stereocenters. The molecule has 4 nitrogen and oxygen atoms in total. The predicted octanol–water partition coefficient (Wildman–Crippen LogP) is 13.2. The monoisotopic (exact) mass is 688 g/mol. The van der Waals surface area contributed by atoms with E-state index in [4.69, 9.17) is 9.97 Å². The van der Waals surface area contributed by atoms with E-state index in [0.717, 1.165) is 62.8 Å². The van der Waals surface area contributed by atoms with Gasteiger partial charge in [-0.1, -0.05) is 133 Å². The fraction of sp³-hybridized carbons (Fsp3) is 0.0400. The van der Waals surface area contributed by atoms with Crippen LogP contribution in [0.1, 0.15) is 12.8 Å². The third-order valence-corrected chi connectivity index (χ3v) is 11.5. The quantitative estimate of drug-likeness (QED) is 0.185. The molecule has 11 aromatic rings. The first-order valence-electron chi connectivity index (χ1n) is 18.7. The van der Waals surface area contributed by atoms with Crippen molar-refractivity contribution in [3.05, 3.63) is 170 Å². The van der Waals surface area contributed by atoms with Crippen LogP contribution in [0, 0.1) is 0 Å². The van der Waals surface area contributed by atoms with Gasteiger partial charge >= 0.3 is 0 Å². The number of fused-ring (bicyclic) bond motifs is 12. The summed E-state index contributed by atoms with van der Waals surface area (Å²) < 4.78 is 4.71. The molecule has 1 aliphatic carbocycles. The van der Waals surface area contributed by atoms with Crippen LogP contribution in [0.5, 0.6) is 0 Å². The molecule has 0 bridgehead atoms. The molecule has 1 aliphatic rings. The van der Waals surface area contributed by atoms with Crippen molar-refractivity contribution in [2.24, 2.45) is 0 Å². The molecule has 54 heavy (non-hydrogen) atoms. The molecule has 0 saturated heterocycles. The van der Waals surface area contributed by atoms with E-state index in [0.29, 0.717) is 5.95 Å². The van der Waals surface area contributed by atoms with E-state index in [9.17, 15) is 0 Å². The van der Waals surface area contributed by atoms with Crippen LogP contribution in [0.3, 0.4) is 0 Å². The van der Waals surface area contributed by atoms with Crippen LogP contribution in [-0.4, -0.2) is 19.1 Å². The van der Waals surface area contributed by atoms with Gasteiger partial charge in [-0.15, -0.1) is 0 Å². The van der Waals surface area contributed by atoms with Crippen molar-refractivity contribution in [1.82, 2.24) is 19.1 Å². The maximum Gasteiger partial charge on any atom is 0.235 e. The Morgan fingerprint density at radius 2 is 1.04 bits per heavy atom. The SMILES string of the molecule is C1=CC(n2c3cc4ccccc4cc3c3nc(-n4c5ccc6ccccc6c5c5c6ccccc6ccc54)nc(-c4ccc5ccccc5c4)c32)=CCC1. The molecule has 0 radical (unpaired) electrons. The molecule has 3 heterocycles. The Morgan fingerprint density at radius 3 is 1.70 bits per heavy atom. The van der Waals surface area contributed by atoms with Crippen LogP contribution in [-0.2, 0) is 0 Å². The van der Waals surface area contributed by atoms with E-state index in [1.807, 2.05) is 0 Å². The topological polar surface area (TPSA) is 35.6 Å². The molecule has 0 fully saturated rings. The van der Waals surface area contributed by atoms with Crippen LogP contribution < -0.4 is 0 Å². The van der Waals surface area contributed by atoms with Gasteiger partial charge in [0.1, 0.15) is 11.2 Å². The Bertz CT molecular complexity index is 3360. The van der Waals surface area contributed by atoms with Crippen molar-refractivity contribution in [2.75, 3.05) is 0 Å². The summed E-state index contributed by atoms with van der Waals surface area (Å²) in [7, 11) is 0. The minimum atomic E-state index is 0.664. The van der Waals surface area contributed by atoms with E-state index >= 15 is 0 Å². The fourth-order valence-corrected chi connectivity index (χ4v) is 9.00. The summed E-state index contributed by atoms with van der Waals surface area (Å²) >= 11 is 0. The molecule has 252 valence electrons. The smallest absolute Gasteiger partial charge is 0.235 e. The van der Waals surface area contributed by atoms with Crippen LogP contribution in [0.15, 0.2) is 170 Å². The molecular formula is C50H32N4. The highest BCUT2D eigenvalue weighted by atomic mass is 15.2. The van der Waals surface area contributed by atoms with Gasteiger partial charge in [-0.3, -0.25) is 4.57 Å². The van der Waals surface area contributed by atoms with Crippen LogP contribution >= 0.6 is 0 Å². The predicted molar refractivity (Wildman–Crippen MR) is 227 cm³/mol. The lowest BCUT2D eigenvalue weighted by molar-refractivity contribution is 1.00. The molecule has 0 atom stereocenters. The molecule has 0 amide bonds. The zero-order valence-electron chi connectivity index (χ0n) is 29.4. The zero-order valence-corrected chi connectivity index (χ0v) is 29.4. The Kier molecular flexibility index (Phi) is 6.14. The average molecular weight is 689 g/mol. The third kappa shape index (κ3) is 4.19. The molecule has 4 heteroatoms. The number of rotatable bonds is 3. The van der Waals surface area contributed by atoms with E-state index < -0.39 is 0 Å². The maximum atomic E-state index is 5.68. The van der Waals surface area contributed by atoms with Crippen molar-refractivity contribution in [2.45, 2.75) is 12.8 Å². The summed E-state index contributed by atoms with van der Waals surface area (Å²) in [6.45, 7) is 0. The number of hydrogen-bond donors (Lipinski definition) is 0. The number of nitrogens with zero attached hydrogens (tertiary/aromatic N) is 4. The lowest BCUT2D eigenvalue weighted by Gasteiger charge is -2.16. The first-order chi connectivity index (χ1) is 26.8. The summed E-state index contributed by atoms with van der Waals surface area (Å²) in [6, 6.07) is 55.0. The summed E-state index contributed by atoms with van der Waals surface area (Å²) in [5.41, 5.74) is 8.42. The van der Waals surface area contributed by atoms with Gasteiger partial charge in [-0.25, -0.2) is 9.97 Å². The van der Waals surface area contributed by atoms with Gasteiger partial charge in [0.2, 0.25) is 5.95 Å². The van der Waals surface area contributed by atoms with Crippen molar-refractivity contribution < 1.29 is 0 Å². The second kappa shape index (κ2) is 11.2. The minimum absolute atomic E-state index is 0.664. The summed E-state index contributed by atoms with van der Waals surface area (Å²) in [5, 5.41) is 13.2. The van der Waals surface area contributed by atoms with Crippen molar-refractivity contribution in [3.8, 4) is 17.2 Å². The van der Waals surface area contributed by atoms with Gasteiger partial charge in [0.15, 0.2) is 0 Å². The Labute approximate surface area is 310 Å². The van der Waals surface area contributed by atoms with Gasteiger partial charge in [0.05, 0.1) is 22.1 Å². The number of allylic oxidation sites excluding steroid dienone is 4. The van der Waals surface area contributed by atoms with Gasteiger partial charge in [0, 0.05) is 27.4 Å². The highest BCUT2D eigenvalue weighted by molar-refractivity contribution is 6.28. The highest BCUT2D eigenvalue weighted by Gasteiger charge is 2.25. The molecule has 0 spiro atoms. The lowest BCUT2D eigenvalue weighted by atomic mass is 10.00. The summed E-state index contributed by atoms with van der Waals surface area (Å²) in [6.07, 6.45) is 8.94. The average Bonchev–Trinajstić information content (AvgIpc) is 3.75. The standard InChI is InChI=1S/C50H32N4/c1-2-18-38(19-3-1)53-44-30-36-17-7-6-16-35(36)29-41(44)48-49(53)47(37-23-22-31-12-4-5-15-34(31)28-37)51-50(52-48)54-42-26-24-32-13-8-10-20-39(32)45(42)46-40-21-11-9-14-33(40)25-27-43(46)54/h2,4-30H,1,3H2. The van der Waals surface area contributed by atoms with Gasteiger partial charge in [-0.2, -0.15) is 0 Å². The van der Waals surface area contributed by atoms with Crippen molar-refractivity contribution in [1.29, 1.82) is 0 Å². The first-order valence-corrected chi connectivity index (χ1v) is 18.7. The van der Waals surface area contributed by atoms with Crippen LogP contribution in [0.25, 0.3) is 110 Å². The minimum Gasteiger partial charge on any atom is -0.306 e. The first kappa shape index (κ1) is 29.5. The Hall–Kier alpha value is -7.04. The molecule has 0 aliphatic heterocycles. The Balaban J connectivity index is 1.29. The lowest BCUT2D eigenvalue weighted by Crippen LogP contribution is -2.05. The zero-order chi connectivity index (χ0) is 35.3. The number of aromatic nitrogens is 4. The molecule has 3 aromatic heterocycles. The number of benzene rings is 8. The Morgan fingerprint density at radius 1 is 0.444 bits per heavy atom. The molecule has 0 saturated carbocycles. The van der Waals surface area contributed by atoms with E-state index in [1.165, 1.54) is 53.9 Å².